The van der Waals surface area contributed by atoms with Gasteiger partial charge < -0.3 is 5.11 Å². The molecule has 0 amide bonds. The van der Waals surface area contributed by atoms with Crippen molar-refractivity contribution in [2.75, 3.05) is 0 Å². The molecule has 0 aliphatic carbocycles. The first-order valence-electron chi connectivity index (χ1n) is 4.35. The van der Waals surface area contributed by atoms with E-state index in [9.17, 15) is 31.9 Å². The summed E-state index contributed by atoms with van der Waals surface area (Å²) in [5, 5.41) is 9.32. The molecular weight excluding hydrogens is 247 g/mol. The number of carbonyl (C=O) groups excluding carboxylic acids is 1. The van der Waals surface area contributed by atoms with Crippen LogP contribution >= 0.6 is 0 Å². The third-order valence-electron chi connectivity index (χ3n) is 2.22. The fourth-order valence-corrected chi connectivity index (χ4v) is 1.23. The van der Waals surface area contributed by atoms with Gasteiger partial charge in [0.15, 0.2) is 6.29 Å². The monoisotopic (exact) mass is 254 g/mol. The van der Waals surface area contributed by atoms with Crippen molar-refractivity contribution < 1.29 is 31.9 Å². The number of hydrogen-bond donors (Lipinski definition) is 1. The molecule has 0 radical (unpaired) electrons. The number of alkyl halides is 5. The molecule has 1 atom stereocenters. The normalized spacial score (nSPS) is 16.4. The Morgan fingerprint density at radius 1 is 1.00 bits per heavy atom. The molecule has 0 saturated carbocycles. The van der Waals surface area contributed by atoms with Gasteiger partial charge in [0.1, 0.15) is 0 Å². The fourth-order valence-electron chi connectivity index (χ4n) is 1.23. The van der Waals surface area contributed by atoms with Gasteiger partial charge in [0.05, 0.1) is 0 Å². The summed E-state index contributed by atoms with van der Waals surface area (Å²) in [4.78, 5) is 10.5. The lowest BCUT2D eigenvalue weighted by atomic mass is 9.88. The summed E-state index contributed by atoms with van der Waals surface area (Å²) in [6.45, 7) is 0. The van der Waals surface area contributed by atoms with Gasteiger partial charge >= 0.3 is 12.1 Å². The van der Waals surface area contributed by atoms with Gasteiger partial charge in [0, 0.05) is 0 Å². The van der Waals surface area contributed by atoms with Crippen LogP contribution in [0, 0.1) is 0 Å². The highest BCUT2D eigenvalue weighted by atomic mass is 19.4. The third kappa shape index (κ3) is 2.02. The number of carbonyl (C=O) groups is 1. The molecule has 0 aliphatic rings. The van der Waals surface area contributed by atoms with Crippen LogP contribution < -0.4 is 0 Å². The minimum atomic E-state index is -6.03. The Balaban J connectivity index is 3.37. The standard InChI is InChI=1S/C10H7F5O2/c11-9(12,10(13,14)15)8(17,6-16)7-4-2-1-3-5-7/h1-6,17H. The Bertz CT molecular complexity index is 401. The summed E-state index contributed by atoms with van der Waals surface area (Å²) < 4.78 is 62.5. The third-order valence-corrected chi connectivity index (χ3v) is 2.22. The number of rotatable bonds is 3. The maximum Gasteiger partial charge on any atom is 0.457 e. The molecule has 0 bridgehead atoms. The molecule has 17 heavy (non-hydrogen) atoms. The summed E-state index contributed by atoms with van der Waals surface area (Å²) >= 11 is 0. The Morgan fingerprint density at radius 3 is 1.82 bits per heavy atom. The Kier molecular flexibility index (Phi) is 3.24. The van der Waals surface area contributed by atoms with Gasteiger partial charge in [-0.25, -0.2) is 0 Å². The predicted molar refractivity (Wildman–Crippen MR) is 47.4 cm³/mol. The second kappa shape index (κ2) is 4.06. The SMILES string of the molecule is O=CC(O)(c1ccccc1)C(F)(F)C(F)(F)F. The lowest BCUT2D eigenvalue weighted by Crippen LogP contribution is -2.56. The van der Waals surface area contributed by atoms with Crippen LogP contribution in [0.2, 0.25) is 0 Å². The van der Waals surface area contributed by atoms with Crippen LogP contribution in [0.3, 0.4) is 0 Å². The van der Waals surface area contributed by atoms with E-state index in [0.717, 1.165) is 24.3 Å². The summed E-state index contributed by atoms with van der Waals surface area (Å²) in [5.74, 6) is -5.57. The molecule has 2 nitrogen and oxygen atoms in total. The molecule has 1 unspecified atom stereocenters. The van der Waals surface area contributed by atoms with E-state index < -0.39 is 29.5 Å². The lowest BCUT2D eigenvalue weighted by Gasteiger charge is -2.32. The Labute approximate surface area is 92.7 Å². The molecule has 7 heteroatoms. The van der Waals surface area contributed by atoms with E-state index in [1.807, 2.05) is 0 Å². The second-order valence-electron chi connectivity index (χ2n) is 3.32. The number of benzene rings is 1. The van der Waals surface area contributed by atoms with Crippen molar-refractivity contribution in [2.45, 2.75) is 17.7 Å². The molecular formula is C10H7F5O2. The fraction of sp³-hybridized carbons (Fsp3) is 0.300. The maximum absolute atomic E-state index is 13.1. The number of aliphatic hydroxyl groups is 1. The van der Waals surface area contributed by atoms with Crippen LogP contribution in [0.25, 0.3) is 0 Å². The van der Waals surface area contributed by atoms with Crippen molar-refractivity contribution in [3.63, 3.8) is 0 Å². The van der Waals surface area contributed by atoms with E-state index in [4.69, 9.17) is 0 Å². The maximum atomic E-state index is 13.1. The first-order chi connectivity index (χ1) is 7.67. The van der Waals surface area contributed by atoms with Gasteiger partial charge in [-0.2, -0.15) is 22.0 Å². The van der Waals surface area contributed by atoms with E-state index in [-0.39, 0.29) is 0 Å². The average Bonchev–Trinajstić information content (AvgIpc) is 2.27. The summed E-state index contributed by atoms with van der Waals surface area (Å²) in [7, 11) is 0. The van der Waals surface area contributed by atoms with Gasteiger partial charge in [0.2, 0.25) is 5.60 Å². The summed E-state index contributed by atoms with van der Waals surface area (Å²) in [6.07, 6.45) is -6.84. The highest BCUT2D eigenvalue weighted by Crippen LogP contribution is 2.47. The molecule has 1 N–H and O–H groups in total. The van der Waals surface area contributed by atoms with E-state index in [0.29, 0.717) is 0 Å². The zero-order valence-corrected chi connectivity index (χ0v) is 8.21. The smallest absolute Gasteiger partial charge is 0.372 e. The molecule has 0 fully saturated rings. The first kappa shape index (κ1) is 13.6. The van der Waals surface area contributed by atoms with E-state index in [2.05, 4.69) is 0 Å². The van der Waals surface area contributed by atoms with Crippen LogP contribution in [0.4, 0.5) is 22.0 Å². The molecule has 0 heterocycles. The van der Waals surface area contributed by atoms with Crippen LogP contribution in [0.5, 0.6) is 0 Å². The summed E-state index contributed by atoms with van der Waals surface area (Å²) in [6, 6.07) is 5.25. The van der Waals surface area contributed by atoms with Gasteiger partial charge in [-0.1, -0.05) is 30.3 Å². The molecule has 0 aromatic heterocycles. The number of hydrogen-bond acceptors (Lipinski definition) is 2. The van der Waals surface area contributed by atoms with Crippen LogP contribution in [0.1, 0.15) is 5.56 Å². The van der Waals surface area contributed by atoms with Gasteiger partial charge in [0.25, 0.3) is 0 Å². The second-order valence-corrected chi connectivity index (χ2v) is 3.32. The van der Waals surface area contributed by atoms with Crippen LogP contribution in [-0.2, 0) is 10.4 Å². The van der Waals surface area contributed by atoms with Crippen molar-refractivity contribution in [1.29, 1.82) is 0 Å². The Hall–Kier alpha value is -1.50. The first-order valence-corrected chi connectivity index (χ1v) is 4.35. The van der Waals surface area contributed by atoms with Gasteiger partial charge in [-0.05, 0) is 5.56 Å². The minimum absolute atomic E-state index is 0.810. The van der Waals surface area contributed by atoms with Gasteiger partial charge in [-0.3, -0.25) is 4.79 Å². The lowest BCUT2D eigenvalue weighted by molar-refractivity contribution is -0.334. The summed E-state index contributed by atoms with van der Waals surface area (Å²) in [5.41, 5.74) is -4.75. The van der Waals surface area contributed by atoms with Crippen LogP contribution in [0.15, 0.2) is 30.3 Å². The van der Waals surface area contributed by atoms with Crippen molar-refractivity contribution in [1.82, 2.24) is 0 Å². The number of halogens is 5. The average molecular weight is 254 g/mol. The predicted octanol–water partition coefficient (Wildman–Crippen LogP) is 2.27. The topological polar surface area (TPSA) is 37.3 Å². The van der Waals surface area contributed by atoms with Crippen molar-refractivity contribution >= 4 is 6.29 Å². The quantitative estimate of drug-likeness (QED) is 0.663. The minimum Gasteiger partial charge on any atom is -0.372 e. The molecule has 0 aliphatic heterocycles. The van der Waals surface area contributed by atoms with E-state index in [1.54, 1.807) is 0 Å². The molecule has 1 rings (SSSR count). The highest BCUT2D eigenvalue weighted by Gasteiger charge is 2.70. The van der Waals surface area contributed by atoms with Gasteiger partial charge in [-0.15, -0.1) is 0 Å². The van der Waals surface area contributed by atoms with E-state index >= 15 is 0 Å². The van der Waals surface area contributed by atoms with E-state index in [1.165, 1.54) is 6.07 Å². The zero-order valence-electron chi connectivity index (χ0n) is 8.21. The molecule has 1 aromatic carbocycles. The van der Waals surface area contributed by atoms with Crippen molar-refractivity contribution in [2.24, 2.45) is 0 Å². The largest absolute Gasteiger partial charge is 0.457 e. The Morgan fingerprint density at radius 2 is 1.47 bits per heavy atom. The molecule has 0 spiro atoms. The molecule has 94 valence electrons. The van der Waals surface area contributed by atoms with Crippen molar-refractivity contribution in [3.8, 4) is 0 Å². The van der Waals surface area contributed by atoms with Crippen molar-refractivity contribution in [3.05, 3.63) is 35.9 Å². The molecule has 1 aromatic rings. The highest BCUT2D eigenvalue weighted by molar-refractivity contribution is 5.68. The number of aldehydes is 1. The van der Waals surface area contributed by atoms with Crippen LogP contribution in [-0.4, -0.2) is 23.5 Å². The zero-order chi connectivity index (χ0) is 13.3. The molecule has 0 saturated heterocycles.